The fraction of sp³-hybridized carbons (Fsp3) is 0.824. The topological polar surface area (TPSA) is 67.1 Å². The molecule has 24 heavy (non-hydrogen) atoms. The zero-order valence-electron chi connectivity index (χ0n) is 14.9. The second-order valence-corrected chi connectivity index (χ2v) is 7.07. The molecule has 0 bridgehead atoms. The normalized spacial score (nSPS) is 23.5. The summed E-state index contributed by atoms with van der Waals surface area (Å²) in [6.45, 7) is 5.12. The monoisotopic (exact) mass is 446 g/mol. The molecule has 0 saturated heterocycles. The van der Waals surface area contributed by atoms with Gasteiger partial charge >= 0.3 is 0 Å². The maximum absolute atomic E-state index is 4.32. The Morgan fingerprint density at radius 1 is 1.25 bits per heavy atom. The zero-order chi connectivity index (χ0) is 16.1. The van der Waals surface area contributed by atoms with E-state index in [0.717, 1.165) is 49.0 Å². The molecule has 3 rings (SSSR count). The van der Waals surface area contributed by atoms with Crippen molar-refractivity contribution in [1.29, 1.82) is 0 Å². The third-order valence-corrected chi connectivity index (χ3v) is 5.21. The van der Waals surface area contributed by atoms with Gasteiger partial charge in [0.15, 0.2) is 11.8 Å². The van der Waals surface area contributed by atoms with Crippen molar-refractivity contribution >= 4 is 29.9 Å². The van der Waals surface area contributed by atoms with Gasteiger partial charge in [-0.2, -0.15) is 0 Å². The summed E-state index contributed by atoms with van der Waals surface area (Å²) in [7, 11) is 1.83. The van der Waals surface area contributed by atoms with Gasteiger partial charge in [0.2, 0.25) is 0 Å². The third-order valence-electron chi connectivity index (χ3n) is 5.21. The van der Waals surface area contributed by atoms with E-state index in [9.17, 15) is 0 Å². The Kier molecular flexibility index (Phi) is 7.77. The van der Waals surface area contributed by atoms with Crippen LogP contribution < -0.4 is 10.6 Å². The highest BCUT2D eigenvalue weighted by molar-refractivity contribution is 14.0. The zero-order valence-corrected chi connectivity index (χ0v) is 17.3. The van der Waals surface area contributed by atoms with Gasteiger partial charge in [0.05, 0.1) is 6.54 Å². The Labute approximate surface area is 162 Å². The Morgan fingerprint density at radius 3 is 2.92 bits per heavy atom. The molecule has 6 nitrogen and oxygen atoms in total. The van der Waals surface area contributed by atoms with Gasteiger partial charge in [0.1, 0.15) is 5.82 Å². The molecule has 1 aliphatic heterocycles. The highest BCUT2D eigenvalue weighted by Crippen LogP contribution is 2.30. The summed E-state index contributed by atoms with van der Waals surface area (Å²) < 4.78 is 2.23. The third kappa shape index (κ3) is 5.07. The summed E-state index contributed by atoms with van der Waals surface area (Å²) in [5, 5.41) is 15.3. The van der Waals surface area contributed by atoms with E-state index in [-0.39, 0.29) is 24.0 Å². The molecule has 136 valence electrons. The van der Waals surface area contributed by atoms with Gasteiger partial charge in [0.25, 0.3) is 0 Å². The molecular formula is C17H31IN6. The van der Waals surface area contributed by atoms with E-state index >= 15 is 0 Å². The maximum Gasteiger partial charge on any atom is 0.191 e. The Hall–Kier alpha value is -0.860. The Bertz CT molecular complexity index is 541. The predicted octanol–water partition coefficient (Wildman–Crippen LogP) is 2.72. The van der Waals surface area contributed by atoms with Crippen LogP contribution in [0.3, 0.4) is 0 Å². The molecular weight excluding hydrogens is 415 g/mol. The van der Waals surface area contributed by atoms with E-state index in [1.54, 1.807) is 0 Å². The smallest absolute Gasteiger partial charge is 0.191 e. The van der Waals surface area contributed by atoms with Crippen molar-refractivity contribution < 1.29 is 0 Å². The van der Waals surface area contributed by atoms with Crippen LogP contribution in [0.25, 0.3) is 0 Å². The van der Waals surface area contributed by atoms with E-state index in [0.29, 0.717) is 6.54 Å². The van der Waals surface area contributed by atoms with E-state index < -0.39 is 0 Å². The number of halogens is 1. The molecule has 1 saturated carbocycles. The average molecular weight is 446 g/mol. The fourth-order valence-corrected chi connectivity index (χ4v) is 3.94. The van der Waals surface area contributed by atoms with Crippen LogP contribution in [-0.4, -0.2) is 34.3 Å². The minimum Gasteiger partial charge on any atom is -0.356 e. The van der Waals surface area contributed by atoms with Crippen LogP contribution in [0.15, 0.2) is 4.99 Å². The van der Waals surface area contributed by atoms with Crippen LogP contribution in [0.1, 0.15) is 57.1 Å². The van der Waals surface area contributed by atoms with Gasteiger partial charge < -0.3 is 15.2 Å². The summed E-state index contributed by atoms with van der Waals surface area (Å²) >= 11 is 0. The molecule has 0 aromatic carbocycles. The van der Waals surface area contributed by atoms with E-state index in [1.807, 2.05) is 7.05 Å². The molecule has 1 aromatic rings. The maximum atomic E-state index is 4.32. The van der Waals surface area contributed by atoms with Gasteiger partial charge in [-0.3, -0.25) is 4.99 Å². The van der Waals surface area contributed by atoms with Crippen molar-refractivity contribution in [2.75, 3.05) is 13.6 Å². The van der Waals surface area contributed by atoms with E-state index in [1.165, 1.54) is 38.5 Å². The number of nitrogens with one attached hydrogen (secondary N) is 2. The fourth-order valence-electron chi connectivity index (χ4n) is 3.94. The first-order valence-corrected chi connectivity index (χ1v) is 9.11. The molecule has 1 aromatic heterocycles. The minimum atomic E-state index is 0. The van der Waals surface area contributed by atoms with Crippen LogP contribution in [0.2, 0.25) is 0 Å². The number of hydrogen-bond donors (Lipinski definition) is 2. The van der Waals surface area contributed by atoms with Crippen LogP contribution >= 0.6 is 24.0 Å². The highest BCUT2D eigenvalue weighted by Gasteiger charge is 2.19. The van der Waals surface area contributed by atoms with Crippen molar-refractivity contribution in [3.63, 3.8) is 0 Å². The number of fused-ring (bicyclic) bond motifs is 1. The summed E-state index contributed by atoms with van der Waals surface area (Å²) in [5.41, 5.74) is 0. The lowest BCUT2D eigenvalue weighted by atomic mass is 9.81. The number of guanidine groups is 1. The van der Waals surface area contributed by atoms with E-state index in [4.69, 9.17) is 0 Å². The van der Waals surface area contributed by atoms with Gasteiger partial charge in [-0.15, -0.1) is 34.2 Å². The van der Waals surface area contributed by atoms with Crippen LogP contribution in [-0.2, 0) is 19.5 Å². The number of aryl methyl sites for hydroxylation is 1. The molecule has 0 spiro atoms. The van der Waals surface area contributed by atoms with Crippen molar-refractivity contribution in [3.05, 3.63) is 11.6 Å². The quantitative estimate of drug-likeness (QED) is 0.415. The van der Waals surface area contributed by atoms with Gasteiger partial charge in [-0.1, -0.05) is 26.2 Å². The standard InChI is InChI=1S/C17H30N6.HI/c1-13-5-3-6-14(11-13)8-9-19-17(18-2)20-12-16-22-21-15-7-4-10-23(15)16;/h13-14H,3-12H2,1-2H3,(H2,18,19,20);1H. The van der Waals surface area contributed by atoms with Crippen LogP contribution in [0.5, 0.6) is 0 Å². The average Bonchev–Trinajstić information content (AvgIpc) is 3.15. The summed E-state index contributed by atoms with van der Waals surface area (Å²) in [4.78, 5) is 4.32. The minimum absolute atomic E-state index is 0. The molecule has 2 unspecified atom stereocenters. The lowest BCUT2D eigenvalue weighted by Gasteiger charge is -2.26. The second kappa shape index (κ2) is 9.58. The van der Waals surface area contributed by atoms with Crippen molar-refractivity contribution in [2.24, 2.45) is 16.8 Å². The van der Waals surface area contributed by atoms with Gasteiger partial charge in [-0.25, -0.2) is 0 Å². The molecule has 2 atom stereocenters. The van der Waals surface area contributed by atoms with Crippen LogP contribution in [0, 0.1) is 11.8 Å². The Morgan fingerprint density at radius 2 is 2.12 bits per heavy atom. The largest absolute Gasteiger partial charge is 0.356 e. The molecule has 0 amide bonds. The van der Waals surface area contributed by atoms with Crippen molar-refractivity contribution in [1.82, 2.24) is 25.4 Å². The van der Waals surface area contributed by atoms with Gasteiger partial charge in [-0.05, 0) is 31.1 Å². The lowest BCUT2D eigenvalue weighted by molar-refractivity contribution is 0.270. The molecule has 7 heteroatoms. The lowest BCUT2D eigenvalue weighted by Crippen LogP contribution is -2.38. The number of rotatable bonds is 5. The molecule has 2 aliphatic rings. The highest BCUT2D eigenvalue weighted by atomic mass is 127. The Balaban J connectivity index is 0.00000208. The molecule has 0 radical (unpaired) electrons. The molecule has 1 aliphatic carbocycles. The number of aromatic nitrogens is 3. The summed E-state index contributed by atoms with van der Waals surface area (Å²) in [6, 6.07) is 0. The number of nitrogens with zero attached hydrogens (tertiary/aromatic N) is 4. The summed E-state index contributed by atoms with van der Waals surface area (Å²) in [6.07, 6.45) is 9.08. The predicted molar refractivity (Wildman–Crippen MR) is 108 cm³/mol. The van der Waals surface area contributed by atoms with Crippen LogP contribution in [0.4, 0.5) is 0 Å². The number of hydrogen-bond acceptors (Lipinski definition) is 3. The SMILES string of the molecule is CN=C(NCCC1CCCC(C)C1)NCc1nnc2n1CCC2.I. The van der Waals surface area contributed by atoms with Crippen molar-refractivity contribution in [3.8, 4) is 0 Å². The van der Waals surface area contributed by atoms with Gasteiger partial charge in [0, 0.05) is 26.6 Å². The summed E-state index contributed by atoms with van der Waals surface area (Å²) in [5.74, 6) is 4.78. The molecule has 2 heterocycles. The molecule has 1 fully saturated rings. The molecule has 2 N–H and O–H groups in total. The number of aliphatic imine (C=N–C) groups is 1. The first-order chi connectivity index (χ1) is 11.3. The van der Waals surface area contributed by atoms with Crippen molar-refractivity contribution in [2.45, 2.75) is 65.0 Å². The first kappa shape index (κ1) is 19.5. The van der Waals surface area contributed by atoms with E-state index in [2.05, 4.69) is 37.3 Å². The second-order valence-electron chi connectivity index (χ2n) is 7.07. The first-order valence-electron chi connectivity index (χ1n) is 9.11.